The molecule has 2 heterocycles. The molecule has 0 unspecified atom stereocenters. The predicted molar refractivity (Wildman–Crippen MR) is 102 cm³/mol. The van der Waals surface area contributed by atoms with Crippen LogP contribution in [0.1, 0.15) is 16.5 Å². The molecule has 2 N–H and O–H groups in total. The lowest BCUT2D eigenvalue weighted by atomic mass is 10.2. The van der Waals surface area contributed by atoms with Crippen molar-refractivity contribution in [3.05, 3.63) is 64.4 Å². The number of hydrogen-bond donors (Lipinski definition) is 2. The van der Waals surface area contributed by atoms with Gasteiger partial charge in [0.15, 0.2) is 6.61 Å². The van der Waals surface area contributed by atoms with Crippen LogP contribution in [0.5, 0.6) is 5.75 Å². The number of aryl methyl sites for hydroxylation is 1. The second-order valence-corrected chi connectivity index (χ2v) is 7.62. The van der Waals surface area contributed by atoms with Crippen molar-refractivity contribution >= 4 is 28.6 Å². The second kappa shape index (κ2) is 8.29. The maximum absolute atomic E-state index is 11.9. The quantitative estimate of drug-likeness (QED) is 0.658. The minimum atomic E-state index is -0.721. The van der Waals surface area contributed by atoms with Gasteiger partial charge < -0.3 is 15.2 Å². The molecule has 4 nitrogen and oxygen atoms in total. The first kappa shape index (κ1) is 17.7. The van der Waals surface area contributed by atoms with Crippen molar-refractivity contribution in [2.75, 3.05) is 13.2 Å². The highest BCUT2D eigenvalue weighted by atomic mass is 32.1. The number of aliphatic hydroxyl groups is 1. The zero-order valence-corrected chi connectivity index (χ0v) is 15.4. The van der Waals surface area contributed by atoms with Crippen LogP contribution < -0.4 is 10.1 Å². The van der Waals surface area contributed by atoms with Gasteiger partial charge in [-0.3, -0.25) is 4.79 Å². The molecule has 1 amide bonds. The van der Waals surface area contributed by atoms with Crippen LogP contribution in [0.15, 0.2) is 53.9 Å². The van der Waals surface area contributed by atoms with Crippen LogP contribution in [0.3, 0.4) is 0 Å². The molecular formula is C19H19NO3S2. The van der Waals surface area contributed by atoms with Gasteiger partial charge >= 0.3 is 0 Å². The van der Waals surface area contributed by atoms with E-state index in [0.29, 0.717) is 5.75 Å². The van der Waals surface area contributed by atoms with Crippen molar-refractivity contribution in [3.63, 3.8) is 0 Å². The van der Waals surface area contributed by atoms with E-state index in [1.165, 1.54) is 4.88 Å². The van der Waals surface area contributed by atoms with Crippen LogP contribution in [0, 0.1) is 6.92 Å². The minimum Gasteiger partial charge on any atom is -0.484 e. The Morgan fingerprint density at radius 2 is 2.00 bits per heavy atom. The fraction of sp³-hybridized carbons (Fsp3) is 0.211. The first-order valence-corrected chi connectivity index (χ1v) is 9.60. The molecule has 3 aromatic rings. The van der Waals surface area contributed by atoms with E-state index in [-0.39, 0.29) is 19.1 Å². The highest BCUT2D eigenvalue weighted by molar-refractivity contribution is 7.21. The molecule has 1 atom stereocenters. The van der Waals surface area contributed by atoms with Crippen LogP contribution >= 0.6 is 22.7 Å². The van der Waals surface area contributed by atoms with Gasteiger partial charge in [0.25, 0.3) is 5.91 Å². The number of aliphatic hydroxyl groups excluding tert-OH is 1. The first-order valence-electron chi connectivity index (χ1n) is 7.90. The van der Waals surface area contributed by atoms with E-state index in [1.807, 2.05) is 54.8 Å². The second-order valence-electron chi connectivity index (χ2n) is 5.55. The third kappa shape index (κ3) is 4.69. The van der Waals surface area contributed by atoms with Gasteiger partial charge in [0.1, 0.15) is 11.9 Å². The molecular weight excluding hydrogens is 354 g/mol. The van der Waals surface area contributed by atoms with E-state index in [0.717, 1.165) is 15.3 Å². The third-order valence-electron chi connectivity index (χ3n) is 3.66. The lowest BCUT2D eigenvalue weighted by Crippen LogP contribution is -2.32. The molecule has 0 aliphatic heterocycles. The van der Waals surface area contributed by atoms with E-state index < -0.39 is 6.10 Å². The van der Waals surface area contributed by atoms with Crippen LogP contribution in [-0.4, -0.2) is 24.2 Å². The summed E-state index contributed by atoms with van der Waals surface area (Å²) in [5.74, 6) is 0.439. The smallest absolute Gasteiger partial charge is 0.258 e. The molecule has 0 radical (unpaired) electrons. The molecule has 0 saturated carbocycles. The summed E-state index contributed by atoms with van der Waals surface area (Å²) in [6.07, 6.45) is -0.721. The summed E-state index contributed by atoms with van der Waals surface area (Å²) in [6, 6.07) is 15.5. The normalized spacial score (nSPS) is 11.9. The predicted octanol–water partition coefficient (Wildman–Crippen LogP) is 4.01. The summed E-state index contributed by atoms with van der Waals surface area (Å²) >= 11 is 3.21. The monoisotopic (exact) mass is 373 g/mol. The van der Waals surface area contributed by atoms with Gasteiger partial charge in [-0.1, -0.05) is 24.3 Å². The number of rotatable bonds is 7. The highest BCUT2D eigenvalue weighted by Crippen LogP contribution is 2.33. The Morgan fingerprint density at radius 1 is 1.16 bits per heavy atom. The van der Waals surface area contributed by atoms with Crippen LogP contribution in [0.25, 0.3) is 9.75 Å². The Bertz CT molecular complexity index is 827. The average molecular weight is 373 g/mol. The van der Waals surface area contributed by atoms with Gasteiger partial charge in [0.05, 0.1) is 0 Å². The number of hydrogen-bond acceptors (Lipinski definition) is 5. The van der Waals surface area contributed by atoms with Crippen molar-refractivity contribution in [2.24, 2.45) is 0 Å². The molecule has 1 aromatic carbocycles. The Labute approximate surface area is 154 Å². The summed E-state index contributed by atoms with van der Waals surface area (Å²) < 4.78 is 5.50. The first-order chi connectivity index (χ1) is 12.1. The molecule has 25 heavy (non-hydrogen) atoms. The van der Waals surface area contributed by atoms with Crippen LogP contribution in [0.4, 0.5) is 0 Å². The van der Waals surface area contributed by atoms with Gasteiger partial charge in [0.2, 0.25) is 0 Å². The lowest BCUT2D eigenvalue weighted by Gasteiger charge is -2.12. The Kier molecular flexibility index (Phi) is 5.86. The summed E-state index contributed by atoms with van der Waals surface area (Å²) in [4.78, 5) is 15.1. The standard InChI is InChI=1S/C19H19NO3S2/c1-13-5-2-3-6-15(13)23-12-19(22)20-11-14(21)16-8-9-18(25-16)17-7-4-10-24-17/h2-10,14,21H,11-12H2,1H3,(H,20,22)/t14-/m1/s1. The van der Waals surface area contributed by atoms with E-state index >= 15 is 0 Å². The molecule has 2 aromatic heterocycles. The molecule has 6 heteroatoms. The molecule has 130 valence electrons. The number of ether oxygens (including phenoxy) is 1. The van der Waals surface area contributed by atoms with Crippen LogP contribution in [0.2, 0.25) is 0 Å². The zero-order chi connectivity index (χ0) is 17.6. The van der Waals surface area contributed by atoms with Gasteiger partial charge in [-0.25, -0.2) is 0 Å². The van der Waals surface area contributed by atoms with E-state index in [2.05, 4.69) is 11.4 Å². The van der Waals surface area contributed by atoms with Crippen molar-refractivity contribution in [2.45, 2.75) is 13.0 Å². The molecule has 0 saturated heterocycles. The van der Waals surface area contributed by atoms with Gasteiger partial charge in [0, 0.05) is 21.2 Å². The molecule has 0 spiro atoms. The van der Waals surface area contributed by atoms with Gasteiger partial charge in [-0.05, 0) is 42.1 Å². The topological polar surface area (TPSA) is 58.6 Å². The van der Waals surface area contributed by atoms with Crippen molar-refractivity contribution < 1.29 is 14.6 Å². The maximum atomic E-state index is 11.9. The molecule has 3 rings (SSSR count). The largest absolute Gasteiger partial charge is 0.484 e. The van der Waals surface area contributed by atoms with E-state index in [1.54, 1.807) is 22.7 Å². The SMILES string of the molecule is Cc1ccccc1OCC(=O)NC[C@@H](O)c1ccc(-c2cccs2)s1. The summed E-state index contributed by atoms with van der Waals surface area (Å²) in [5.41, 5.74) is 0.982. The van der Waals surface area contributed by atoms with Gasteiger partial charge in [-0.15, -0.1) is 22.7 Å². The fourth-order valence-corrected chi connectivity index (χ4v) is 4.14. The minimum absolute atomic E-state index is 0.0670. The molecule has 0 aliphatic rings. The third-order valence-corrected chi connectivity index (χ3v) is 5.92. The Hall–Kier alpha value is -2.15. The maximum Gasteiger partial charge on any atom is 0.258 e. The van der Waals surface area contributed by atoms with Gasteiger partial charge in [-0.2, -0.15) is 0 Å². The van der Waals surface area contributed by atoms with Crippen molar-refractivity contribution in [3.8, 4) is 15.5 Å². The number of carbonyl (C=O) groups excluding carboxylic acids is 1. The highest BCUT2D eigenvalue weighted by Gasteiger charge is 2.13. The average Bonchev–Trinajstić information content (AvgIpc) is 3.30. The number of carbonyl (C=O) groups is 1. The molecule has 0 bridgehead atoms. The van der Waals surface area contributed by atoms with Crippen LogP contribution in [-0.2, 0) is 4.79 Å². The summed E-state index contributed by atoms with van der Waals surface area (Å²) in [6.45, 7) is 2.03. The lowest BCUT2D eigenvalue weighted by molar-refractivity contribution is -0.123. The molecule has 0 fully saturated rings. The number of amides is 1. The number of benzene rings is 1. The number of thiophene rings is 2. The Balaban J connectivity index is 1.48. The zero-order valence-electron chi connectivity index (χ0n) is 13.8. The molecule has 0 aliphatic carbocycles. The number of para-hydroxylation sites is 1. The van der Waals surface area contributed by atoms with Crippen molar-refractivity contribution in [1.29, 1.82) is 0 Å². The van der Waals surface area contributed by atoms with E-state index in [9.17, 15) is 9.90 Å². The summed E-state index contributed by atoms with van der Waals surface area (Å²) in [5, 5.41) is 15.0. The number of nitrogens with one attached hydrogen (secondary N) is 1. The fourth-order valence-electron chi connectivity index (χ4n) is 2.31. The van der Waals surface area contributed by atoms with E-state index in [4.69, 9.17) is 4.74 Å². The Morgan fingerprint density at radius 3 is 2.76 bits per heavy atom. The summed E-state index contributed by atoms with van der Waals surface area (Å²) in [7, 11) is 0. The van der Waals surface area contributed by atoms with Crippen molar-refractivity contribution in [1.82, 2.24) is 5.32 Å².